The van der Waals surface area contributed by atoms with Crippen LogP contribution in [0, 0.1) is 5.92 Å². The first-order valence-electron chi connectivity index (χ1n) is 7.07. The van der Waals surface area contributed by atoms with Gasteiger partial charge < -0.3 is 14.4 Å². The Morgan fingerprint density at radius 2 is 2.30 bits per heavy atom. The molecule has 0 amide bonds. The van der Waals surface area contributed by atoms with Gasteiger partial charge in [-0.05, 0) is 49.9 Å². The van der Waals surface area contributed by atoms with E-state index in [2.05, 4.69) is 17.7 Å². The van der Waals surface area contributed by atoms with E-state index in [9.17, 15) is 9.90 Å². The lowest BCUT2D eigenvalue weighted by molar-refractivity contribution is -0.142. The van der Waals surface area contributed by atoms with Gasteiger partial charge in [0.2, 0.25) is 0 Å². The SMILES string of the molecule is CCOc1ccc2c(c1)c1c(n2C)CCC(C(=O)O)C1. The minimum absolute atomic E-state index is 0.260. The fourth-order valence-electron chi connectivity index (χ4n) is 3.23. The second-order valence-corrected chi connectivity index (χ2v) is 5.37. The molecule has 0 radical (unpaired) electrons. The highest BCUT2D eigenvalue weighted by atomic mass is 16.5. The number of aromatic nitrogens is 1. The Morgan fingerprint density at radius 3 is 3.00 bits per heavy atom. The molecule has 1 aromatic carbocycles. The number of carboxylic acid groups (broad SMARTS) is 1. The van der Waals surface area contributed by atoms with E-state index in [0.717, 1.165) is 29.5 Å². The zero-order valence-corrected chi connectivity index (χ0v) is 11.8. The zero-order chi connectivity index (χ0) is 14.3. The van der Waals surface area contributed by atoms with Crippen LogP contribution in [-0.2, 0) is 24.7 Å². The minimum Gasteiger partial charge on any atom is -0.494 e. The number of hydrogen-bond acceptors (Lipinski definition) is 2. The average molecular weight is 273 g/mol. The van der Waals surface area contributed by atoms with Crippen molar-refractivity contribution in [1.82, 2.24) is 4.57 Å². The summed E-state index contributed by atoms with van der Waals surface area (Å²) in [5.41, 5.74) is 3.61. The van der Waals surface area contributed by atoms with Crippen molar-refractivity contribution in [2.75, 3.05) is 6.61 Å². The number of carboxylic acids is 1. The Bertz CT molecular complexity index is 672. The van der Waals surface area contributed by atoms with Crippen molar-refractivity contribution >= 4 is 16.9 Å². The van der Waals surface area contributed by atoms with Crippen LogP contribution < -0.4 is 4.74 Å². The Kier molecular flexibility index (Phi) is 3.16. The second-order valence-electron chi connectivity index (χ2n) is 5.37. The van der Waals surface area contributed by atoms with Crippen molar-refractivity contribution in [3.63, 3.8) is 0 Å². The topological polar surface area (TPSA) is 51.5 Å². The van der Waals surface area contributed by atoms with Crippen LogP contribution in [0.2, 0.25) is 0 Å². The zero-order valence-electron chi connectivity index (χ0n) is 11.8. The molecule has 1 aromatic heterocycles. The molecule has 3 rings (SSSR count). The molecule has 20 heavy (non-hydrogen) atoms. The number of carbonyl (C=O) groups is 1. The molecule has 0 saturated heterocycles. The van der Waals surface area contributed by atoms with Gasteiger partial charge in [0.1, 0.15) is 5.75 Å². The molecule has 0 spiro atoms. The summed E-state index contributed by atoms with van der Waals surface area (Å²) in [6, 6.07) is 6.09. The van der Waals surface area contributed by atoms with E-state index in [1.54, 1.807) is 0 Å². The largest absolute Gasteiger partial charge is 0.494 e. The monoisotopic (exact) mass is 273 g/mol. The number of fused-ring (bicyclic) bond motifs is 3. The lowest BCUT2D eigenvalue weighted by Crippen LogP contribution is -2.22. The van der Waals surface area contributed by atoms with Crippen LogP contribution in [0.25, 0.3) is 10.9 Å². The predicted octanol–water partition coefficient (Wildman–Crippen LogP) is 2.77. The van der Waals surface area contributed by atoms with E-state index in [1.165, 1.54) is 11.3 Å². The molecule has 1 atom stereocenters. The highest BCUT2D eigenvalue weighted by Crippen LogP contribution is 2.35. The molecule has 1 aliphatic rings. The first-order chi connectivity index (χ1) is 9.61. The summed E-state index contributed by atoms with van der Waals surface area (Å²) in [5, 5.41) is 10.4. The smallest absolute Gasteiger partial charge is 0.306 e. The summed E-state index contributed by atoms with van der Waals surface area (Å²) in [6.45, 7) is 2.60. The molecule has 0 saturated carbocycles. The summed E-state index contributed by atoms with van der Waals surface area (Å²) in [7, 11) is 2.06. The maximum absolute atomic E-state index is 11.2. The van der Waals surface area contributed by atoms with Crippen molar-refractivity contribution < 1.29 is 14.6 Å². The fraction of sp³-hybridized carbons (Fsp3) is 0.438. The van der Waals surface area contributed by atoms with Crippen LogP contribution in [0.15, 0.2) is 18.2 Å². The predicted molar refractivity (Wildman–Crippen MR) is 77.2 cm³/mol. The summed E-state index contributed by atoms with van der Waals surface area (Å²) in [5.74, 6) is -0.0942. The van der Waals surface area contributed by atoms with Gasteiger partial charge in [0.05, 0.1) is 12.5 Å². The third kappa shape index (κ3) is 1.96. The van der Waals surface area contributed by atoms with Crippen molar-refractivity contribution in [1.29, 1.82) is 0 Å². The summed E-state index contributed by atoms with van der Waals surface area (Å²) < 4.78 is 7.76. The first kappa shape index (κ1) is 13.0. The van der Waals surface area contributed by atoms with Gasteiger partial charge in [-0.2, -0.15) is 0 Å². The summed E-state index contributed by atoms with van der Waals surface area (Å²) in [6.07, 6.45) is 2.18. The molecule has 1 heterocycles. The number of nitrogens with zero attached hydrogens (tertiary/aromatic N) is 1. The fourth-order valence-corrected chi connectivity index (χ4v) is 3.23. The number of benzene rings is 1. The van der Waals surface area contributed by atoms with Gasteiger partial charge in [-0.15, -0.1) is 0 Å². The number of ether oxygens (including phenoxy) is 1. The maximum Gasteiger partial charge on any atom is 0.306 e. The van der Waals surface area contributed by atoms with Gasteiger partial charge in [0.15, 0.2) is 0 Å². The molecule has 0 aliphatic heterocycles. The second kappa shape index (κ2) is 4.85. The third-order valence-corrected chi connectivity index (χ3v) is 4.25. The van der Waals surface area contributed by atoms with E-state index in [-0.39, 0.29) is 5.92 Å². The lowest BCUT2D eigenvalue weighted by Gasteiger charge is -2.19. The molecule has 0 fully saturated rings. The maximum atomic E-state index is 11.2. The number of aliphatic carboxylic acids is 1. The van der Waals surface area contributed by atoms with Gasteiger partial charge in [-0.25, -0.2) is 0 Å². The summed E-state index contributed by atoms with van der Waals surface area (Å²) in [4.78, 5) is 11.2. The van der Waals surface area contributed by atoms with E-state index in [4.69, 9.17) is 4.74 Å². The molecular weight excluding hydrogens is 254 g/mol. The van der Waals surface area contributed by atoms with Gasteiger partial charge in [0, 0.05) is 23.6 Å². The number of hydrogen-bond donors (Lipinski definition) is 1. The Labute approximate surface area is 118 Å². The van der Waals surface area contributed by atoms with Crippen LogP contribution in [0.4, 0.5) is 0 Å². The Hall–Kier alpha value is -1.97. The first-order valence-corrected chi connectivity index (χ1v) is 7.07. The molecule has 106 valence electrons. The quantitative estimate of drug-likeness (QED) is 0.935. The molecule has 1 N–H and O–H groups in total. The van der Waals surface area contributed by atoms with Crippen LogP contribution in [0.1, 0.15) is 24.6 Å². The number of aryl methyl sites for hydroxylation is 1. The van der Waals surface area contributed by atoms with Gasteiger partial charge >= 0.3 is 5.97 Å². The Balaban J connectivity index is 2.12. The lowest BCUT2D eigenvalue weighted by atomic mass is 9.86. The molecule has 0 bridgehead atoms. The Morgan fingerprint density at radius 1 is 1.50 bits per heavy atom. The van der Waals surface area contributed by atoms with Crippen molar-refractivity contribution in [2.24, 2.45) is 13.0 Å². The van der Waals surface area contributed by atoms with E-state index in [0.29, 0.717) is 13.0 Å². The van der Waals surface area contributed by atoms with Crippen molar-refractivity contribution in [3.8, 4) is 5.75 Å². The average Bonchev–Trinajstić information content (AvgIpc) is 2.72. The van der Waals surface area contributed by atoms with Gasteiger partial charge in [-0.3, -0.25) is 4.79 Å². The van der Waals surface area contributed by atoms with E-state index >= 15 is 0 Å². The van der Waals surface area contributed by atoms with Crippen LogP contribution in [-0.4, -0.2) is 22.2 Å². The minimum atomic E-state index is -0.686. The van der Waals surface area contributed by atoms with Crippen LogP contribution in [0.5, 0.6) is 5.75 Å². The highest BCUT2D eigenvalue weighted by molar-refractivity contribution is 5.88. The van der Waals surface area contributed by atoms with Crippen molar-refractivity contribution in [3.05, 3.63) is 29.5 Å². The normalized spacial score (nSPS) is 18.0. The highest BCUT2D eigenvalue weighted by Gasteiger charge is 2.28. The van der Waals surface area contributed by atoms with E-state index < -0.39 is 5.97 Å². The van der Waals surface area contributed by atoms with Gasteiger partial charge in [-0.1, -0.05) is 0 Å². The molecule has 2 aromatic rings. The molecule has 4 nitrogen and oxygen atoms in total. The number of rotatable bonds is 3. The van der Waals surface area contributed by atoms with Gasteiger partial charge in [0.25, 0.3) is 0 Å². The molecule has 1 aliphatic carbocycles. The molecule has 1 unspecified atom stereocenters. The summed E-state index contributed by atoms with van der Waals surface area (Å²) >= 11 is 0. The van der Waals surface area contributed by atoms with E-state index in [1.807, 2.05) is 19.1 Å². The van der Waals surface area contributed by atoms with Crippen LogP contribution >= 0.6 is 0 Å². The van der Waals surface area contributed by atoms with Crippen molar-refractivity contribution in [2.45, 2.75) is 26.2 Å². The molecule has 4 heteroatoms. The standard InChI is InChI=1S/C16H19NO3/c1-3-20-11-5-7-15-13(9-11)12-8-10(16(18)19)4-6-14(12)17(15)2/h5,7,9-10H,3-4,6,8H2,1-2H3,(H,18,19). The molecular formula is C16H19NO3. The third-order valence-electron chi connectivity index (χ3n) is 4.25. The van der Waals surface area contributed by atoms with Crippen LogP contribution in [0.3, 0.4) is 0 Å².